The average molecular weight is 301 g/mol. The van der Waals surface area contributed by atoms with E-state index in [1.54, 1.807) is 24.3 Å². The maximum Gasteiger partial charge on any atom is 0.119 e. The highest BCUT2D eigenvalue weighted by Gasteiger charge is 2.18. The Morgan fingerprint density at radius 3 is 2.27 bits per heavy atom. The summed E-state index contributed by atoms with van der Waals surface area (Å²) in [6.45, 7) is 4.47. The number of hydrogen-bond acceptors (Lipinski definition) is 4. The molecular weight excluding hydrogens is 278 g/mol. The number of nitrogens with one attached hydrogen (secondary N) is 1. The van der Waals surface area contributed by atoms with Crippen molar-refractivity contribution in [2.45, 2.75) is 32.0 Å². The standard InChI is InChI=1S/C18H23NO3/c1-13(12-22-17-6-4-3-5-7-17)19-14(2)18(21)15-8-10-16(20)11-9-15/h3-11,13-14,18-21H,12H2,1-2H3/t13-,14+,18-/m1/s1. The SMILES string of the molecule is C[C@H](COc1ccccc1)N[C@@H](C)[C@@H](O)c1ccc(O)cc1. The zero-order valence-electron chi connectivity index (χ0n) is 12.9. The van der Waals surface area contributed by atoms with Gasteiger partial charge in [-0.15, -0.1) is 0 Å². The number of hydrogen-bond donors (Lipinski definition) is 3. The second-order valence-corrected chi connectivity index (χ2v) is 5.52. The highest BCUT2D eigenvalue weighted by molar-refractivity contribution is 5.28. The van der Waals surface area contributed by atoms with Crippen molar-refractivity contribution in [1.82, 2.24) is 5.32 Å². The Kier molecular flexibility index (Phi) is 5.81. The molecule has 2 aromatic carbocycles. The molecular formula is C18H23NO3. The molecule has 22 heavy (non-hydrogen) atoms. The van der Waals surface area contributed by atoms with E-state index in [9.17, 15) is 10.2 Å². The molecule has 0 saturated carbocycles. The van der Waals surface area contributed by atoms with Crippen LogP contribution in [0.5, 0.6) is 11.5 Å². The molecule has 0 bridgehead atoms. The fraction of sp³-hybridized carbons (Fsp3) is 0.333. The summed E-state index contributed by atoms with van der Waals surface area (Å²) in [5, 5.41) is 22.9. The third-order valence-electron chi connectivity index (χ3n) is 3.50. The van der Waals surface area contributed by atoms with Gasteiger partial charge in [0.25, 0.3) is 0 Å². The lowest BCUT2D eigenvalue weighted by Crippen LogP contribution is -2.41. The molecule has 4 nitrogen and oxygen atoms in total. The zero-order valence-corrected chi connectivity index (χ0v) is 12.9. The molecule has 2 rings (SSSR count). The number of benzene rings is 2. The molecule has 0 aromatic heterocycles. The Bertz CT molecular complexity index is 556. The van der Waals surface area contributed by atoms with Gasteiger partial charge in [-0.3, -0.25) is 0 Å². The second kappa shape index (κ2) is 7.82. The Labute approximate surface area is 131 Å². The van der Waals surface area contributed by atoms with Crippen LogP contribution in [0.15, 0.2) is 54.6 Å². The predicted molar refractivity (Wildman–Crippen MR) is 87.1 cm³/mol. The molecule has 0 amide bonds. The van der Waals surface area contributed by atoms with Crippen molar-refractivity contribution < 1.29 is 14.9 Å². The van der Waals surface area contributed by atoms with E-state index in [0.717, 1.165) is 11.3 Å². The van der Waals surface area contributed by atoms with Crippen LogP contribution in [-0.4, -0.2) is 28.9 Å². The van der Waals surface area contributed by atoms with Gasteiger partial charge in [-0.1, -0.05) is 30.3 Å². The normalized spacial score (nSPS) is 15.0. The van der Waals surface area contributed by atoms with Crippen LogP contribution in [0, 0.1) is 0 Å². The molecule has 3 N–H and O–H groups in total. The topological polar surface area (TPSA) is 61.7 Å². The Hall–Kier alpha value is -2.04. The van der Waals surface area contributed by atoms with Gasteiger partial charge in [0.05, 0.1) is 6.10 Å². The van der Waals surface area contributed by atoms with Gasteiger partial charge in [0.1, 0.15) is 18.1 Å². The summed E-state index contributed by atoms with van der Waals surface area (Å²) in [6, 6.07) is 16.2. The number of aliphatic hydroxyl groups excluding tert-OH is 1. The third kappa shape index (κ3) is 4.76. The number of rotatable bonds is 7. The van der Waals surface area contributed by atoms with E-state index in [0.29, 0.717) is 6.61 Å². The Morgan fingerprint density at radius 1 is 1.00 bits per heavy atom. The van der Waals surface area contributed by atoms with Crippen molar-refractivity contribution in [2.24, 2.45) is 0 Å². The lowest BCUT2D eigenvalue weighted by Gasteiger charge is -2.25. The van der Waals surface area contributed by atoms with Gasteiger partial charge in [0.15, 0.2) is 0 Å². The van der Waals surface area contributed by atoms with Crippen LogP contribution < -0.4 is 10.1 Å². The number of aliphatic hydroxyl groups is 1. The van der Waals surface area contributed by atoms with Crippen molar-refractivity contribution in [3.05, 3.63) is 60.2 Å². The summed E-state index contributed by atoms with van der Waals surface area (Å²) < 4.78 is 5.69. The van der Waals surface area contributed by atoms with Crippen molar-refractivity contribution >= 4 is 0 Å². The number of para-hydroxylation sites is 1. The van der Waals surface area contributed by atoms with Gasteiger partial charge in [-0.2, -0.15) is 0 Å². The molecule has 0 heterocycles. The molecule has 0 aliphatic rings. The summed E-state index contributed by atoms with van der Waals surface area (Å²) in [6.07, 6.45) is -0.639. The van der Waals surface area contributed by atoms with Crippen LogP contribution in [0.3, 0.4) is 0 Å². The van der Waals surface area contributed by atoms with Gasteiger partial charge in [0.2, 0.25) is 0 Å². The summed E-state index contributed by atoms with van der Waals surface area (Å²) in [5.74, 6) is 1.03. The first-order valence-corrected chi connectivity index (χ1v) is 7.47. The molecule has 118 valence electrons. The quantitative estimate of drug-likeness (QED) is 0.736. The predicted octanol–water partition coefficient (Wildman–Crippen LogP) is 2.87. The largest absolute Gasteiger partial charge is 0.508 e. The first-order chi connectivity index (χ1) is 10.6. The van der Waals surface area contributed by atoms with Gasteiger partial charge in [-0.25, -0.2) is 0 Å². The smallest absolute Gasteiger partial charge is 0.119 e. The summed E-state index contributed by atoms with van der Waals surface area (Å²) in [7, 11) is 0. The second-order valence-electron chi connectivity index (χ2n) is 5.52. The maximum atomic E-state index is 10.3. The van der Waals surface area contributed by atoms with E-state index < -0.39 is 6.10 Å². The fourth-order valence-electron chi connectivity index (χ4n) is 2.29. The molecule has 4 heteroatoms. The minimum Gasteiger partial charge on any atom is -0.508 e. The summed E-state index contributed by atoms with van der Waals surface area (Å²) >= 11 is 0. The minimum absolute atomic E-state index is 0.0990. The molecule has 0 spiro atoms. The highest BCUT2D eigenvalue weighted by atomic mass is 16.5. The summed E-state index contributed by atoms with van der Waals surface area (Å²) in [4.78, 5) is 0. The Morgan fingerprint density at radius 2 is 1.64 bits per heavy atom. The monoisotopic (exact) mass is 301 g/mol. The minimum atomic E-state index is -0.639. The van der Waals surface area contributed by atoms with E-state index >= 15 is 0 Å². The van der Waals surface area contributed by atoms with Crippen molar-refractivity contribution in [3.63, 3.8) is 0 Å². The molecule has 0 unspecified atom stereocenters. The van der Waals surface area contributed by atoms with E-state index in [1.807, 2.05) is 44.2 Å². The van der Waals surface area contributed by atoms with Crippen LogP contribution in [0.1, 0.15) is 25.5 Å². The molecule has 0 saturated heterocycles. The van der Waals surface area contributed by atoms with Crippen molar-refractivity contribution in [2.75, 3.05) is 6.61 Å². The number of ether oxygens (including phenoxy) is 1. The molecule has 0 fully saturated rings. The lowest BCUT2D eigenvalue weighted by molar-refractivity contribution is 0.124. The number of phenolic OH excluding ortho intramolecular Hbond substituents is 1. The average Bonchev–Trinajstić information content (AvgIpc) is 2.54. The van der Waals surface area contributed by atoms with Crippen LogP contribution in [0.2, 0.25) is 0 Å². The van der Waals surface area contributed by atoms with Crippen molar-refractivity contribution in [1.29, 1.82) is 0 Å². The summed E-state index contributed by atoms with van der Waals surface area (Å²) in [5.41, 5.74) is 0.772. The molecule has 2 aromatic rings. The van der Waals surface area contributed by atoms with E-state index in [1.165, 1.54) is 0 Å². The van der Waals surface area contributed by atoms with E-state index in [2.05, 4.69) is 5.32 Å². The zero-order chi connectivity index (χ0) is 15.9. The lowest BCUT2D eigenvalue weighted by atomic mass is 10.0. The first kappa shape index (κ1) is 16.3. The Balaban J connectivity index is 1.82. The van der Waals surface area contributed by atoms with Gasteiger partial charge in [0, 0.05) is 12.1 Å². The van der Waals surface area contributed by atoms with Crippen LogP contribution in [0.25, 0.3) is 0 Å². The van der Waals surface area contributed by atoms with Crippen LogP contribution in [0.4, 0.5) is 0 Å². The molecule has 0 radical (unpaired) electrons. The molecule has 0 aliphatic heterocycles. The first-order valence-electron chi connectivity index (χ1n) is 7.47. The number of phenols is 1. The highest BCUT2D eigenvalue weighted by Crippen LogP contribution is 2.20. The van der Waals surface area contributed by atoms with Crippen LogP contribution in [-0.2, 0) is 0 Å². The van der Waals surface area contributed by atoms with Gasteiger partial charge in [-0.05, 0) is 43.7 Å². The fourth-order valence-corrected chi connectivity index (χ4v) is 2.29. The van der Waals surface area contributed by atoms with E-state index in [4.69, 9.17) is 4.74 Å². The van der Waals surface area contributed by atoms with Crippen molar-refractivity contribution in [3.8, 4) is 11.5 Å². The molecule has 0 aliphatic carbocycles. The molecule has 3 atom stereocenters. The number of aromatic hydroxyl groups is 1. The maximum absolute atomic E-state index is 10.3. The van der Waals surface area contributed by atoms with Gasteiger partial charge < -0.3 is 20.3 Å². The van der Waals surface area contributed by atoms with E-state index in [-0.39, 0.29) is 17.8 Å². The van der Waals surface area contributed by atoms with Crippen LogP contribution >= 0.6 is 0 Å². The van der Waals surface area contributed by atoms with Gasteiger partial charge >= 0.3 is 0 Å². The third-order valence-corrected chi connectivity index (χ3v) is 3.50.